The average molecular weight is 786 g/mol. The summed E-state index contributed by atoms with van der Waals surface area (Å²) in [5.41, 5.74) is 0.751. The van der Waals surface area contributed by atoms with Crippen molar-refractivity contribution in [2.45, 2.75) is 33.6 Å². The van der Waals surface area contributed by atoms with Crippen molar-refractivity contribution in [3.05, 3.63) is 127 Å². The van der Waals surface area contributed by atoms with Crippen molar-refractivity contribution >= 4 is 84.9 Å². The van der Waals surface area contributed by atoms with Crippen molar-refractivity contribution in [3.63, 3.8) is 0 Å². The largest absolute Gasteiger partial charge is 0.508 e. The van der Waals surface area contributed by atoms with Gasteiger partial charge in [-0.3, -0.25) is 9.59 Å². The molecule has 2 N–H and O–H groups in total. The summed E-state index contributed by atoms with van der Waals surface area (Å²) in [5, 5.41) is 19.4. The standard InChI is InChI=1S/C17H12Br2O3.C17H14O3.C2H6BNS/c1-2-13-15(10-5-3-4-6-14(10)22-13)16(20)9-7-11(18)17(21)12(19)8-9;1-2-14-16(13-5-3-4-6-15(13)20-14)17(19)11-7-9-12(18)10-8-11;1-2-5-4-3/h3-8,21H,2H2,1H3;3-10,18H,2H2,1H3;3H,2H2,1H3/i2*3D,4D,5D,6D;3D. The molecule has 240 valence electrons. The minimum atomic E-state index is -0.452. The van der Waals surface area contributed by atoms with Crippen LogP contribution in [0.1, 0.15) is 75.1 Å². The quantitative estimate of drug-likeness (QED) is 0.0897. The molecule has 0 radical (unpaired) electrons. The van der Waals surface area contributed by atoms with Gasteiger partial charge >= 0.3 is 37.9 Å². The Morgan fingerprint density at radius 2 is 1.28 bits per heavy atom. The number of halogens is 2. The molecule has 0 saturated heterocycles. The van der Waals surface area contributed by atoms with E-state index in [0.717, 1.165) is 13.4 Å². The maximum Gasteiger partial charge on any atom is 0.197 e. The predicted molar refractivity (Wildman–Crippen MR) is 197 cm³/mol. The van der Waals surface area contributed by atoms with Gasteiger partial charge in [-0.05, 0) is 80.3 Å². The van der Waals surface area contributed by atoms with Crippen LogP contribution in [0.15, 0.2) is 107 Å². The van der Waals surface area contributed by atoms with Gasteiger partial charge in [0.05, 0.1) is 31.0 Å². The van der Waals surface area contributed by atoms with E-state index < -0.39 is 35.7 Å². The van der Waals surface area contributed by atoms with E-state index >= 15 is 0 Å². The Balaban J connectivity index is 0.000000218. The van der Waals surface area contributed by atoms with Gasteiger partial charge < -0.3 is 19.0 Å². The predicted octanol–water partition coefficient (Wildman–Crippen LogP) is 10.1. The first-order chi connectivity index (χ1) is 26.5. The topological polar surface area (TPSA) is 113 Å². The Kier molecular flexibility index (Phi) is 8.97. The Hall–Kier alpha value is -3.93. The molecule has 0 aliphatic carbocycles. The summed E-state index contributed by atoms with van der Waals surface area (Å²) in [6.07, 6.45) is 0.711. The summed E-state index contributed by atoms with van der Waals surface area (Å²) < 4.78 is 85.2. The van der Waals surface area contributed by atoms with Crippen LogP contribution in [0.25, 0.3) is 21.9 Å². The molecule has 0 saturated carbocycles. The van der Waals surface area contributed by atoms with Crippen LogP contribution in [0.5, 0.6) is 11.5 Å². The third kappa shape index (κ3) is 8.33. The number of phenols is 2. The molecule has 11 heteroatoms. The van der Waals surface area contributed by atoms with Gasteiger partial charge in [0.15, 0.2) is 11.6 Å². The number of nitrogens with zero attached hydrogens (tertiary/aromatic N) is 1. The van der Waals surface area contributed by atoms with Crippen molar-refractivity contribution < 1.29 is 39.6 Å². The number of ketones is 2. The molecule has 2 aromatic heterocycles. The van der Waals surface area contributed by atoms with Gasteiger partial charge in [0.25, 0.3) is 0 Å². The van der Waals surface area contributed by atoms with Crippen LogP contribution in [-0.2, 0) is 12.8 Å². The van der Waals surface area contributed by atoms with Crippen LogP contribution in [0.2, 0.25) is 0 Å². The number of fused-ring (bicyclic) bond motifs is 2. The molecular formula is C36H32BBr2NO6S. The van der Waals surface area contributed by atoms with Gasteiger partial charge in [-0.15, -0.1) is 0 Å². The van der Waals surface area contributed by atoms with Crippen molar-refractivity contribution in [3.8, 4) is 11.5 Å². The van der Waals surface area contributed by atoms with E-state index in [9.17, 15) is 19.8 Å². The maximum atomic E-state index is 13.1. The molecule has 6 aromatic rings. The molecule has 0 aliphatic heterocycles. The number of para-hydroxylation sites is 2. The van der Waals surface area contributed by atoms with Crippen LogP contribution in [-0.4, -0.2) is 36.5 Å². The number of hydrogen-bond donors (Lipinski definition) is 2. The van der Waals surface area contributed by atoms with E-state index in [1.54, 1.807) is 13.8 Å². The monoisotopic (exact) mass is 784 g/mol. The summed E-state index contributed by atoms with van der Waals surface area (Å²) in [7, 11) is 1.05. The normalized spacial score (nSPS) is 13.3. The van der Waals surface area contributed by atoms with Crippen molar-refractivity contribution in [2.75, 3.05) is 5.75 Å². The van der Waals surface area contributed by atoms with Crippen LogP contribution < -0.4 is 0 Å². The molecule has 4 aromatic carbocycles. The number of furan rings is 2. The zero-order chi connectivity index (χ0) is 41.8. The number of aromatic hydroxyl groups is 2. The summed E-state index contributed by atoms with van der Waals surface area (Å²) >= 11 is 7.76. The fourth-order valence-corrected chi connectivity index (χ4v) is 5.72. The molecular weight excluding hydrogens is 745 g/mol. The first-order valence-corrected chi connectivity index (χ1v) is 16.6. The first kappa shape index (κ1) is 25.1. The summed E-state index contributed by atoms with van der Waals surface area (Å²) in [5.74, 6) is 0.683. The smallest absolute Gasteiger partial charge is 0.197 e. The second-order valence-corrected chi connectivity index (χ2v) is 12.2. The first-order valence-electron chi connectivity index (χ1n) is 18.7. The number of carbonyl (C=O) groups excluding carboxylic acids is 2. The Morgan fingerprint density at radius 3 is 1.70 bits per heavy atom. The minimum Gasteiger partial charge on any atom is -0.508 e. The van der Waals surface area contributed by atoms with Gasteiger partial charge in [0.1, 0.15) is 34.2 Å². The van der Waals surface area contributed by atoms with E-state index in [-0.39, 0.29) is 80.1 Å². The van der Waals surface area contributed by atoms with E-state index in [0.29, 0.717) is 33.1 Å². The van der Waals surface area contributed by atoms with Gasteiger partial charge in [-0.1, -0.05) is 50.1 Å². The van der Waals surface area contributed by atoms with Crippen LogP contribution in [0.4, 0.5) is 0 Å². The molecule has 2 heterocycles. The minimum absolute atomic E-state index is 0.0139. The second-order valence-electron chi connectivity index (χ2n) is 9.43. The molecule has 47 heavy (non-hydrogen) atoms. The number of carbonyl (C=O) groups is 2. The number of hydrogen-bond acceptors (Lipinski definition) is 8. The third-order valence-corrected chi connectivity index (χ3v) is 8.14. The molecule has 0 spiro atoms. The molecule has 0 fully saturated rings. The molecule has 0 amide bonds. The third-order valence-electron chi connectivity index (χ3n) is 6.52. The van der Waals surface area contributed by atoms with Crippen molar-refractivity contribution in [2.24, 2.45) is 4.30 Å². The van der Waals surface area contributed by atoms with Gasteiger partial charge in [0.2, 0.25) is 0 Å². The summed E-state index contributed by atoms with van der Waals surface area (Å²) in [6.45, 7) is 5.55. The van der Waals surface area contributed by atoms with Crippen molar-refractivity contribution in [1.82, 2.24) is 0 Å². The SMILES string of the molecule is [2H]B=NSCC.[2H]c1c([2H])c([2H])c2c(C(=O)c3cc(Br)c(O)c(Br)c3)c(CC)oc2c1[2H].[2H]c1c([2H])c([2H])c2c(C(=O)c3ccc(O)cc3)c(CC)oc2c1[2H]. The van der Waals surface area contributed by atoms with E-state index in [4.69, 9.17) is 21.1 Å². The van der Waals surface area contributed by atoms with Crippen molar-refractivity contribution in [1.29, 1.82) is 1.34 Å². The van der Waals surface area contributed by atoms with Crippen LogP contribution in [0, 0.1) is 0 Å². The molecule has 6 rings (SSSR count). The molecule has 0 bridgehead atoms. The Morgan fingerprint density at radius 1 is 0.809 bits per heavy atom. The molecule has 0 unspecified atom stereocenters. The summed E-state index contributed by atoms with van der Waals surface area (Å²) in [6, 6.07) is 5.73. The maximum absolute atomic E-state index is 13.1. The van der Waals surface area contributed by atoms with Gasteiger partial charge in [-0.2, -0.15) is 0 Å². The zero-order valence-corrected chi connectivity index (χ0v) is 29.3. The Labute approximate surface area is 307 Å². The Bertz CT molecular complexity index is 2490. The molecule has 0 aliphatic rings. The number of rotatable bonds is 8. The van der Waals surface area contributed by atoms with Crippen LogP contribution >= 0.6 is 43.8 Å². The van der Waals surface area contributed by atoms with E-state index in [1.165, 1.54) is 48.3 Å². The zero-order valence-electron chi connectivity index (χ0n) is 34.3. The van der Waals surface area contributed by atoms with Gasteiger partial charge in [-0.25, -0.2) is 0 Å². The van der Waals surface area contributed by atoms with E-state index in [1.807, 2.05) is 6.92 Å². The number of aryl methyl sites for hydroxylation is 2. The summed E-state index contributed by atoms with van der Waals surface area (Å²) in [4.78, 5) is 26.0. The van der Waals surface area contributed by atoms with E-state index in [2.05, 4.69) is 36.2 Å². The second kappa shape index (κ2) is 16.8. The van der Waals surface area contributed by atoms with Gasteiger partial charge in [0, 0.05) is 34.7 Å². The molecule has 7 nitrogen and oxygen atoms in total. The number of benzene rings is 4. The fourth-order valence-electron chi connectivity index (χ4n) is 4.39. The van der Waals surface area contributed by atoms with Crippen LogP contribution in [0.3, 0.4) is 0 Å². The fraction of sp³-hybridized carbons (Fsp3) is 0.167. The average Bonchev–Trinajstić information content (AvgIpc) is 3.79. The molecule has 0 atom stereocenters. The number of phenolic OH excluding ortho intramolecular Hbond substituents is 2.